The van der Waals surface area contributed by atoms with Crippen LogP contribution in [0, 0.1) is 0 Å². The first kappa shape index (κ1) is 20.0. The van der Waals surface area contributed by atoms with Crippen LogP contribution in [-0.2, 0) is 16.0 Å². The van der Waals surface area contributed by atoms with Gasteiger partial charge in [0, 0.05) is 24.5 Å². The van der Waals surface area contributed by atoms with Gasteiger partial charge in [0.2, 0.25) is 11.8 Å². The van der Waals surface area contributed by atoms with E-state index in [9.17, 15) is 9.59 Å². The molecule has 0 saturated heterocycles. The number of rotatable bonds is 8. The smallest absolute Gasteiger partial charge is 0.249 e. The molecule has 0 aliphatic heterocycles. The molecule has 2 rings (SSSR count). The number of carbonyl (C=O) groups is 2. The Morgan fingerprint density at radius 2 is 1.73 bits per heavy atom. The summed E-state index contributed by atoms with van der Waals surface area (Å²) in [6, 6.07) is 16.2. The lowest BCUT2D eigenvalue weighted by molar-refractivity contribution is -0.136. The van der Waals surface area contributed by atoms with E-state index in [1.165, 1.54) is 0 Å². The van der Waals surface area contributed by atoms with Gasteiger partial charge in [0.05, 0.1) is 0 Å². The molecule has 4 nitrogen and oxygen atoms in total. The van der Waals surface area contributed by atoms with Gasteiger partial charge in [0.25, 0.3) is 0 Å². The minimum Gasteiger partial charge on any atom is -0.341 e. The van der Waals surface area contributed by atoms with Crippen LogP contribution in [0.25, 0.3) is 0 Å². The molecule has 0 fully saturated rings. The van der Waals surface area contributed by atoms with Gasteiger partial charge in [-0.3, -0.25) is 9.59 Å². The van der Waals surface area contributed by atoms with Crippen molar-refractivity contribution >= 4 is 23.4 Å². The Morgan fingerprint density at radius 3 is 2.35 bits per heavy atom. The molecule has 2 amide bonds. The molecule has 0 aliphatic rings. The van der Waals surface area contributed by atoms with Crippen LogP contribution >= 0.6 is 11.6 Å². The largest absolute Gasteiger partial charge is 0.341 e. The van der Waals surface area contributed by atoms with E-state index < -0.39 is 6.04 Å². The normalized spacial score (nSPS) is 11.7. The maximum Gasteiger partial charge on any atom is 0.249 e. The second-order valence-corrected chi connectivity index (χ2v) is 6.49. The Kier molecular flexibility index (Phi) is 7.67. The third-order valence-corrected chi connectivity index (χ3v) is 4.53. The molecule has 5 heteroatoms. The van der Waals surface area contributed by atoms with E-state index in [-0.39, 0.29) is 11.8 Å². The monoisotopic (exact) mass is 372 g/mol. The van der Waals surface area contributed by atoms with Crippen LogP contribution in [0.2, 0.25) is 5.02 Å². The Bertz CT molecular complexity index is 730. The van der Waals surface area contributed by atoms with E-state index in [2.05, 4.69) is 5.32 Å². The van der Waals surface area contributed by atoms with Gasteiger partial charge in [0.15, 0.2) is 0 Å². The zero-order chi connectivity index (χ0) is 18.9. The molecular weight excluding hydrogens is 348 g/mol. The van der Waals surface area contributed by atoms with E-state index in [0.717, 1.165) is 11.1 Å². The number of aryl methyl sites for hydroxylation is 1. The average molecular weight is 373 g/mol. The summed E-state index contributed by atoms with van der Waals surface area (Å²) in [6.45, 7) is 5.09. The number of hydrogen-bond donors (Lipinski definition) is 1. The summed E-state index contributed by atoms with van der Waals surface area (Å²) >= 11 is 5.98. The molecule has 1 N–H and O–H groups in total. The molecule has 0 saturated carbocycles. The van der Waals surface area contributed by atoms with Crippen molar-refractivity contribution < 1.29 is 9.59 Å². The SMILES string of the molecule is CCN(CC)C(=O)C(NC(=O)CCc1cccc(Cl)c1)c1ccccc1. The average Bonchev–Trinajstić information content (AvgIpc) is 2.66. The number of hydrogen-bond acceptors (Lipinski definition) is 2. The van der Waals surface area contributed by atoms with Crippen molar-refractivity contribution in [2.24, 2.45) is 0 Å². The third kappa shape index (κ3) is 5.60. The molecule has 138 valence electrons. The summed E-state index contributed by atoms with van der Waals surface area (Å²) in [5, 5.41) is 3.56. The van der Waals surface area contributed by atoms with E-state index in [1.54, 1.807) is 11.0 Å². The van der Waals surface area contributed by atoms with Crippen molar-refractivity contribution in [3.05, 3.63) is 70.7 Å². The standard InChI is InChI=1S/C21H25ClN2O2/c1-3-24(4-2)21(26)20(17-10-6-5-7-11-17)23-19(25)14-13-16-9-8-12-18(22)15-16/h5-12,15,20H,3-4,13-14H2,1-2H3,(H,23,25). The first-order valence-electron chi connectivity index (χ1n) is 8.92. The first-order chi connectivity index (χ1) is 12.5. The van der Waals surface area contributed by atoms with Gasteiger partial charge in [-0.2, -0.15) is 0 Å². The molecule has 0 spiro atoms. The number of nitrogens with one attached hydrogen (secondary N) is 1. The van der Waals surface area contributed by atoms with Crippen molar-refractivity contribution in [2.45, 2.75) is 32.7 Å². The van der Waals surface area contributed by atoms with Gasteiger partial charge in [-0.1, -0.05) is 54.1 Å². The molecule has 0 radical (unpaired) electrons. The summed E-state index contributed by atoms with van der Waals surface area (Å²) in [6.07, 6.45) is 0.878. The predicted molar refractivity (Wildman–Crippen MR) is 105 cm³/mol. The lowest BCUT2D eigenvalue weighted by Crippen LogP contribution is -2.42. The maximum atomic E-state index is 12.9. The van der Waals surface area contributed by atoms with Gasteiger partial charge in [-0.25, -0.2) is 0 Å². The van der Waals surface area contributed by atoms with Gasteiger partial charge < -0.3 is 10.2 Å². The third-order valence-electron chi connectivity index (χ3n) is 4.29. The Morgan fingerprint density at radius 1 is 1.04 bits per heavy atom. The van der Waals surface area contributed by atoms with Gasteiger partial charge >= 0.3 is 0 Å². The molecule has 2 aromatic carbocycles. The highest BCUT2D eigenvalue weighted by Gasteiger charge is 2.25. The van der Waals surface area contributed by atoms with Crippen LogP contribution in [0.5, 0.6) is 0 Å². The van der Waals surface area contributed by atoms with E-state index in [1.807, 2.05) is 62.4 Å². The van der Waals surface area contributed by atoms with E-state index in [4.69, 9.17) is 11.6 Å². The summed E-state index contributed by atoms with van der Waals surface area (Å²) in [5.74, 6) is -0.239. The number of nitrogens with zero attached hydrogens (tertiary/aromatic N) is 1. The summed E-state index contributed by atoms with van der Waals surface area (Å²) < 4.78 is 0. The topological polar surface area (TPSA) is 49.4 Å². The Balaban J connectivity index is 2.08. The molecule has 0 aliphatic carbocycles. The lowest BCUT2D eigenvalue weighted by Gasteiger charge is -2.26. The molecular formula is C21H25ClN2O2. The minimum absolute atomic E-state index is 0.0858. The molecule has 2 aromatic rings. The highest BCUT2D eigenvalue weighted by molar-refractivity contribution is 6.30. The van der Waals surface area contributed by atoms with Crippen molar-refractivity contribution in [2.75, 3.05) is 13.1 Å². The van der Waals surface area contributed by atoms with Gasteiger partial charge in [-0.15, -0.1) is 0 Å². The van der Waals surface area contributed by atoms with Crippen LogP contribution in [0.3, 0.4) is 0 Å². The van der Waals surface area contributed by atoms with Crippen molar-refractivity contribution in [3.63, 3.8) is 0 Å². The van der Waals surface area contributed by atoms with Crippen molar-refractivity contribution in [3.8, 4) is 0 Å². The van der Waals surface area contributed by atoms with Crippen LogP contribution in [0.1, 0.15) is 37.4 Å². The van der Waals surface area contributed by atoms with Crippen molar-refractivity contribution in [1.82, 2.24) is 10.2 Å². The minimum atomic E-state index is -0.664. The number of benzene rings is 2. The lowest BCUT2D eigenvalue weighted by atomic mass is 10.0. The second kappa shape index (κ2) is 9.97. The fourth-order valence-corrected chi connectivity index (χ4v) is 3.05. The summed E-state index contributed by atoms with van der Waals surface area (Å²) in [4.78, 5) is 27.1. The highest BCUT2D eigenvalue weighted by Crippen LogP contribution is 2.17. The van der Waals surface area contributed by atoms with Gasteiger partial charge in [-0.05, 0) is 43.5 Å². The number of carbonyl (C=O) groups excluding carboxylic acids is 2. The van der Waals surface area contributed by atoms with Crippen molar-refractivity contribution in [1.29, 1.82) is 0 Å². The molecule has 26 heavy (non-hydrogen) atoms. The number of halogens is 1. The summed E-state index contributed by atoms with van der Waals surface area (Å²) in [5.41, 5.74) is 1.79. The van der Waals surface area contributed by atoms with Crippen LogP contribution in [-0.4, -0.2) is 29.8 Å². The molecule has 0 aromatic heterocycles. The summed E-state index contributed by atoms with van der Waals surface area (Å²) in [7, 11) is 0. The van der Waals surface area contributed by atoms with Crippen LogP contribution in [0.4, 0.5) is 0 Å². The number of amides is 2. The fraction of sp³-hybridized carbons (Fsp3) is 0.333. The predicted octanol–water partition coefficient (Wildman–Crippen LogP) is 4.00. The highest BCUT2D eigenvalue weighted by atomic mass is 35.5. The Hall–Kier alpha value is -2.33. The number of likely N-dealkylation sites (N-methyl/N-ethyl adjacent to an activating group) is 1. The fourth-order valence-electron chi connectivity index (χ4n) is 2.83. The zero-order valence-corrected chi connectivity index (χ0v) is 16.0. The molecule has 1 unspecified atom stereocenters. The van der Waals surface area contributed by atoms with Crippen LogP contribution in [0.15, 0.2) is 54.6 Å². The molecule has 0 bridgehead atoms. The quantitative estimate of drug-likeness (QED) is 0.761. The van der Waals surface area contributed by atoms with E-state index in [0.29, 0.717) is 31.0 Å². The second-order valence-electron chi connectivity index (χ2n) is 6.05. The first-order valence-corrected chi connectivity index (χ1v) is 9.30. The van der Waals surface area contributed by atoms with E-state index >= 15 is 0 Å². The van der Waals surface area contributed by atoms with Crippen LogP contribution < -0.4 is 5.32 Å². The Labute approximate surface area is 160 Å². The maximum absolute atomic E-state index is 12.9. The van der Waals surface area contributed by atoms with Gasteiger partial charge in [0.1, 0.15) is 6.04 Å². The molecule has 0 heterocycles. The molecule has 1 atom stereocenters. The zero-order valence-electron chi connectivity index (χ0n) is 15.2.